The highest BCUT2D eigenvalue weighted by Crippen LogP contribution is 2.31. The Balaban J connectivity index is 2.14. The Morgan fingerprint density at radius 1 is 1.07 bits per heavy atom. The molecule has 29 heavy (non-hydrogen) atoms. The van der Waals surface area contributed by atoms with Crippen LogP contribution in [-0.4, -0.2) is 52.3 Å². The van der Waals surface area contributed by atoms with Gasteiger partial charge in [-0.15, -0.1) is 0 Å². The van der Waals surface area contributed by atoms with E-state index >= 15 is 0 Å². The zero-order valence-electron chi connectivity index (χ0n) is 17.8. The number of halogens is 1. The Morgan fingerprint density at radius 2 is 1.79 bits per heavy atom. The maximum atomic E-state index is 13.9. The van der Waals surface area contributed by atoms with Crippen molar-refractivity contribution in [3.63, 3.8) is 0 Å². The second kappa shape index (κ2) is 11.3. The van der Waals surface area contributed by atoms with Gasteiger partial charge in [-0.25, -0.2) is 9.38 Å². The molecule has 158 valence electrons. The van der Waals surface area contributed by atoms with Crippen molar-refractivity contribution in [3.05, 3.63) is 59.4 Å². The first-order chi connectivity index (χ1) is 14.0. The van der Waals surface area contributed by atoms with Gasteiger partial charge >= 0.3 is 0 Å². The molecule has 0 fully saturated rings. The highest BCUT2D eigenvalue weighted by Gasteiger charge is 2.17. The van der Waals surface area contributed by atoms with E-state index in [4.69, 9.17) is 9.47 Å². The fourth-order valence-electron chi connectivity index (χ4n) is 2.98. The van der Waals surface area contributed by atoms with Crippen LogP contribution < -0.4 is 20.1 Å². The Morgan fingerprint density at radius 3 is 2.41 bits per heavy atom. The quantitative estimate of drug-likeness (QED) is 0.498. The van der Waals surface area contributed by atoms with Crippen LogP contribution in [0.15, 0.2) is 47.5 Å². The highest BCUT2D eigenvalue weighted by molar-refractivity contribution is 5.79. The van der Waals surface area contributed by atoms with Gasteiger partial charge in [-0.3, -0.25) is 0 Å². The van der Waals surface area contributed by atoms with Crippen LogP contribution in [0.3, 0.4) is 0 Å². The lowest BCUT2D eigenvalue weighted by Crippen LogP contribution is -2.41. The summed E-state index contributed by atoms with van der Waals surface area (Å²) < 4.78 is 24.6. The maximum Gasteiger partial charge on any atom is 0.191 e. The number of hydrogen-bond donors (Lipinski definition) is 2. The Bertz CT molecular complexity index is 811. The first-order valence-corrected chi connectivity index (χ1v) is 9.64. The minimum absolute atomic E-state index is 0.0760. The van der Waals surface area contributed by atoms with E-state index in [0.717, 1.165) is 5.56 Å². The molecule has 0 radical (unpaired) electrons. The van der Waals surface area contributed by atoms with E-state index in [1.54, 1.807) is 26.4 Å². The topological polar surface area (TPSA) is 58.1 Å². The summed E-state index contributed by atoms with van der Waals surface area (Å²) in [5.41, 5.74) is 1.65. The summed E-state index contributed by atoms with van der Waals surface area (Å²) in [6.07, 6.45) is 0. The minimum atomic E-state index is -0.247. The van der Waals surface area contributed by atoms with E-state index in [1.807, 2.05) is 45.3 Å². The molecule has 6 nitrogen and oxygen atoms in total. The van der Waals surface area contributed by atoms with Crippen molar-refractivity contribution in [2.45, 2.75) is 19.5 Å². The molecule has 0 saturated carbocycles. The van der Waals surface area contributed by atoms with Gasteiger partial charge in [-0.1, -0.05) is 24.3 Å². The average molecular weight is 403 g/mol. The van der Waals surface area contributed by atoms with Crippen molar-refractivity contribution in [2.24, 2.45) is 4.99 Å². The second-order valence-electron chi connectivity index (χ2n) is 6.76. The number of guanidine groups is 1. The molecule has 0 spiro atoms. The van der Waals surface area contributed by atoms with E-state index in [0.29, 0.717) is 36.1 Å². The number of nitrogens with zero attached hydrogens (tertiary/aromatic N) is 2. The molecule has 0 aliphatic heterocycles. The molecule has 1 unspecified atom stereocenters. The largest absolute Gasteiger partial charge is 0.493 e. The molecule has 0 amide bonds. The van der Waals surface area contributed by atoms with Gasteiger partial charge in [-0.2, -0.15) is 0 Å². The van der Waals surface area contributed by atoms with Crippen molar-refractivity contribution < 1.29 is 13.9 Å². The lowest BCUT2D eigenvalue weighted by molar-refractivity contribution is 0.295. The molecular weight excluding hydrogens is 371 g/mol. The second-order valence-corrected chi connectivity index (χ2v) is 6.76. The first kappa shape index (κ1) is 22.5. The smallest absolute Gasteiger partial charge is 0.191 e. The minimum Gasteiger partial charge on any atom is -0.493 e. The molecule has 2 aromatic carbocycles. The maximum absolute atomic E-state index is 13.9. The van der Waals surface area contributed by atoms with Gasteiger partial charge in [0.05, 0.1) is 26.8 Å². The van der Waals surface area contributed by atoms with E-state index < -0.39 is 0 Å². The number of hydrogen-bond acceptors (Lipinski definition) is 4. The lowest BCUT2D eigenvalue weighted by Gasteiger charge is -2.26. The normalized spacial score (nSPS) is 12.6. The van der Waals surface area contributed by atoms with E-state index in [9.17, 15) is 4.39 Å². The summed E-state index contributed by atoms with van der Waals surface area (Å²) in [5.74, 6) is 1.78. The number of benzene rings is 2. The zero-order valence-corrected chi connectivity index (χ0v) is 17.8. The Kier molecular flexibility index (Phi) is 8.73. The van der Waals surface area contributed by atoms with Crippen LogP contribution in [0.1, 0.15) is 24.1 Å². The molecule has 2 N–H and O–H groups in total. The Hall–Kier alpha value is -2.80. The lowest BCUT2D eigenvalue weighted by atomic mass is 10.1. The molecule has 0 heterocycles. The van der Waals surface area contributed by atoms with Gasteiger partial charge in [0.15, 0.2) is 17.5 Å². The van der Waals surface area contributed by atoms with Crippen molar-refractivity contribution in [2.75, 3.05) is 41.4 Å². The van der Waals surface area contributed by atoms with Crippen molar-refractivity contribution in [3.8, 4) is 11.5 Å². The number of aliphatic imine (C=N–C) groups is 1. The van der Waals surface area contributed by atoms with Crippen LogP contribution in [0.2, 0.25) is 0 Å². The third-order valence-electron chi connectivity index (χ3n) is 4.59. The summed E-state index contributed by atoms with van der Waals surface area (Å²) in [6, 6.07) is 12.7. The molecular formula is C22H31FN4O2. The summed E-state index contributed by atoms with van der Waals surface area (Å²) in [6.45, 7) is 3.60. The average Bonchev–Trinajstić information content (AvgIpc) is 2.72. The highest BCUT2D eigenvalue weighted by atomic mass is 19.1. The molecule has 7 heteroatoms. The number of rotatable bonds is 9. The molecule has 2 rings (SSSR count). The fourth-order valence-corrected chi connectivity index (χ4v) is 2.98. The van der Waals surface area contributed by atoms with Gasteiger partial charge < -0.3 is 25.0 Å². The third kappa shape index (κ3) is 6.35. The van der Waals surface area contributed by atoms with Gasteiger partial charge in [-0.05, 0) is 44.8 Å². The first-order valence-electron chi connectivity index (χ1n) is 9.64. The Labute approximate surface area is 172 Å². The summed E-state index contributed by atoms with van der Waals surface area (Å²) in [5, 5.41) is 6.57. The number of ether oxygens (including phenoxy) is 2. The summed E-state index contributed by atoms with van der Waals surface area (Å²) in [4.78, 5) is 6.64. The molecule has 2 aromatic rings. The van der Waals surface area contributed by atoms with Gasteiger partial charge in [0.25, 0.3) is 0 Å². The van der Waals surface area contributed by atoms with Crippen LogP contribution in [-0.2, 0) is 6.54 Å². The fraction of sp³-hybridized carbons (Fsp3) is 0.409. The van der Waals surface area contributed by atoms with Crippen molar-refractivity contribution >= 4 is 5.96 Å². The van der Waals surface area contributed by atoms with Crippen molar-refractivity contribution in [1.82, 2.24) is 15.5 Å². The molecule has 0 saturated heterocycles. The summed E-state index contributed by atoms with van der Waals surface area (Å²) >= 11 is 0. The van der Waals surface area contributed by atoms with E-state index in [1.165, 1.54) is 6.07 Å². The molecule has 0 aromatic heterocycles. The van der Waals surface area contributed by atoms with Crippen LogP contribution in [0, 0.1) is 5.82 Å². The van der Waals surface area contributed by atoms with Gasteiger partial charge in [0, 0.05) is 18.7 Å². The third-order valence-corrected chi connectivity index (χ3v) is 4.59. The number of likely N-dealkylation sites (N-methyl/N-ethyl adjacent to an activating group) is 1. The van der Waals surface area contributed by atoms with E-state index in [2.05, 4.69) is 20.5 Å². The zero-order chi connectivity index (χ0) is 21.2. The van der Waals surface area contributed by atoms with Crippen LogP contribution in [0.25, 0.3) is 0 Å². The van der Waals surface area contributed by atoms with Crippen LogP contribution in [0.5, 0.6) is 11.5 Å². The predicted octanol–water partition coefficient (Wildman–Crippen LogP) is 3.20. The molecule has 0 aliphatic rings. The predicted molar refractivity (Wildman–Crippen MR) is 115 cm³/mol. The van der Waals surface area contributed by atoms with Gasteiger partial charge in [0.2, 0.25) is 0 Å². The van der Waals surface area contributed by atoms with Crippen molar-refractivity contribution in [1.29, 1.82) is 0 Å². The summed E-state index contributed by atoms with van der Waals surface area (Å²) in [7, 11) is 7.29. The molecule has 1 atom stereocenters. The number of nitrogens with one attached hydrogen (secondary N) is 2. The SMILES string of the molecule is CCNC(=NCc1ccccc1F)NCC(c1ccc(OC)c(OC)c1)N(C)C. The van der Waals surface area contributed by atoms with E-state index in [-0.39, 0.29) is 18.4 Å². The molecule has 0 aliphatic carbocycles. The van der Waals surface area contributed by atoms with Crippen LogP contribution in [0.4, 0.5) is 4.39 Å². The number of methoxy groups -OCH3 is 2. The monoisotopic (exact) mass is 402 g/mol. The van der Waals surface area contributed by atoms with Crippen LogP contribution >= 0.6 is 0 Å². The molecule has 0 bridgehead atoms. The standard InChI is InChI=1S/C22H31FN4O2/c1-6-24-22(25-14-17-9-7-8-10-18(17)23)26-15-19(27(2)3)16-11-12-20(28-4)21(13-16)29-5/h7-13,19H,6,14-15H2,1-5H3,(H2,24,25,26). The van der Waals surface area contributed by atoms with Gasteiger partial charge in [0.1, 0.15) is 5.82 Å².